The van der Waals surface area contributed by atoms with Crippen LogP contribution in [0.5, 0.6) is 0 Å². The van der Waals surface area contributed by atoms with E-state index in [0.717, 1.165) is 22.5 Å². The highest BCUT2D eigenvalue weighted by atomic mass is 16.3. The lowest BCUT2D eigenvalue weighted by atomic mass is 9.97. The predicted molar refractivity (Wildman–Crippen MR) is 161 cm³/mol. The molecular weight excluding hydrogens is 464 g/mol. The van der Waals surface area contributed by atoms with Crippen LogP contribution >= 0.6 is 0 Å². The van der Waals surface area contributed by atoms with Gasteiger partial charge in [0, 0.05) is 28.6 Å². The van der Waals surface area contributed by atoms with Crippen molar-refractivity contribution in [2.75, 3.05) is 11.9 Å². The first kappa shape index (κ1) is 24.0. The van der Waals surface area contributed by atoms with Crippen LogP contribution in [0.1, 0.15) is 11.1 Å². The number of hydrogen-bond donors (Lipinski definition) is 2. The van der Waals surface area contributed by atoms with Crippen molar-refractivity contribution in [3.05, 3.63) is 126 Å². The van der Waals surface area contributed by atoms with E-state index in [1.807, 2.05) is 0 Å². The van der Waals surface area contributed by atoms with Gasteiger partial charge in [-0.25, -0.2) is 0 Å². The summed E-state index contributed by atoms with van der Waals surface area (Å²) in [4.78, 5) is 0. The standard InChI is InChI=1S/C35H32N2O/c1-24-17-18-25(2)32(21-24)36-22-29(38)23-37-34(28-14-7-4-8-15-28)33(27-12-5-3-6-13-27)31-20-19-26-11-9-10-16-30(26)35(31)37/h3-21,29,36,38H,22-23H2,1-2H3. The van der Waals surface area contributed by atoms with Gasteiger partial charge in [-0.2, -0.15) is 0 Å². The Morgan fingerprint density at radius 1 is 0.711 bits per heavy atom. The van der Waals surface area contributed by atoms with Crippen molar-refractivity contribution >= 4 is 27.4 Å². The van der Waals surface area contributed by atoms with Crippen LogP contribution < -0.4 is 5.32 Å². The Bertz CT molecular complexity index is 1720. The zero-order chi connectivity index (χ0) is 26.1. The molecule has 0 aliphatic heterocycles. The largest absolute Gasteiger partial charge is 0.389 e. The number of rotatable bonds is 7. The number of hydrogen-bond acceptors (Lipinski definition) is 2. The average molecular weight is 497 g/mol. The third-order valence-electron chi connectivity index (χ3n) is 7.37. The van der Waals surface area contributed by atoms with E-state index in [1.165, 1.54) is 38.4 Å². The van der Waals surface area contributed by atoms with Crippen LogP contribution in [0.15, 0.2) is 115 Å². The minimum absolute atomic E-state index is 0.462. The molecule has 188 valence electrons. The number of benzene rings is 5. The number of aryl methyl sites for hydroxylation is 2. The fraction of sp³-hybridized carbons (Fsp3) is 0.143. The molecule has 0 saturated heterocycles. The Balaban J connectivity index is 1.53. The molecule has 1 unspecified atom stereocenters. The molecule has 0 amide bonds. The third kappa shape index (κ3) is 4.46. The van der Waals surface area contributed by atoms with Gasteiger partial charge in [-0.1, -0.05) is 109 Å². The summed E-state index contributed by atoms with van der Waals surface area (Å²) < 4.78 is 2.34. The summed E-state index contributed by atoms with van der Waals surface area (Å²) in [5.74, 6) is 0. The summed E-state index contributed by atoms with van der Waals surface area (Å²) in [5, 5.41) is 18.5. The fourth-order valence-electron chi connectivity index (χ4n) is 5.53. The molecule has 38 heavy (non-hydrogen) atoms. The summed E-state index contributed by atoms with van der Waals surface area (Å²) in [6, 6.07) is 40.5. The van der Waals surface area contributed by atoms with Crippen molar-refractivity contribution < 1.29 is 5.11 Å². The van der Waals surface area contributed by atoms with Crippen LogP contribution in [0.2, 0.25) is 0 Å². The Morgan fingerprint density at radius 3 is 2.16 bits per heavy atom. The second-order valence-electron chi connectivity index (χ2n) is 10.1. The first-order chi connectivity index (χ1) is 18.6. The quantitative estimate of drug-likeness (QED) is 0.234. The first-order valence-corrected chi connectivity index (χ1v) is 13.2. The first-order valence-electron chi connectivity index (χ1n) is 13.2. The molecule has 0 spiro atoms. The molecule has 3 heteroatoms. The number of aliphatic hydroxyl groups excluding tert-OH is 1. The van der Waals surface area contributed by atoms with Crippen molar-refractivity contribution in [2.24, 2.45) is 0 Å². The summed E-state index contributed by atoms with van der Waals surface area (Å²) in [5.41, 5.74) is 9.26. The highest BCUT2D eigenvalue weighted by Crippen LogP contribution is 2.43. The molecular formula is C35H32N2O. The van der Waals surface area contributed by atoms with Crippen LogP contribution in [0.4, 0.5) is 5.69 Å². The molecule has 0 saturated carbocycles. The van der Waals surface area contributed by atoms with Crippen molar-refractivity contribution in [3.63, 3.8) is 0 Å². The van der Waals surface area contributed by atoms with Gasteiger partial charge >= 0.3 is 0 Å². The lowest BCUT2D eigenvalue weighted by Crippen LogP contribution is -2.25. The predicted octanol–water partition coefficient (Wildman–Crippen LogP) is 8.22. The maximum Gasteiger partial charge on any atom is 0.0891 e. The van der Waals surface area contributed by atoms with Gasteiger partial charge < -0.3 is 15.0 Å². The summed E-state index contributed by atoms with van der Waals surface area (Å²) >= 11 is 0. The molecule has 0 aliphatic carbocycles. The fourth-order valence-corrected chi connectivity index (χ4v) is 5.53. The summed E-state index contributed by atoms with van der Waals surface area (Å²) in [7, 11) is 0. The monoisotopic (exact) mass is 496 g/mol. The number of nitrogens with zero attached hydrogens (tertiary/aromatic N) is 1. The number of anilines is 1. The van der Waals surface area contributed by atoms with Gasteiger partial charge in [-0.3, -0.25) is 0 Å². The summed E-state index contributed by atoms with van der Waals surface area (Å²) in [6.07, 6.45) is -0.587. The lowest BCUT2D eigenvalue weighted by molar-refractivity contribution is 0.169. The minimum atomic E-state index is -0.587. The molecule has 1 heterocycles. The van der Waals surface area contributed by atoms with Gasteiger partial charge in [-0.15, -0.1) is 0 Å². The SMILES string of the molecule is Cc1ccc(C)c(NCC(O)Cn2c(-c3ccccc3)c(-c3ccccc3)c3ccc4ccccc4c32)c1. The number of nitrogens with one attached hydrogen (secondary N) is 1. The van der Waals surface area contributed by atoms with Gasteiger partial charge in [0.15, 0.2) is 0 Å². The number of aromatic nitrogens is 1. The van der Waals surface area contributed by atoms with Crippen molar-refractivity contribution in [1.29, 1.82) is 0 Å². The Kier molecular flexibility index (Phi) is 6.45. The second kappa shape index (κ2) is 10.2. The molecule has 1 aromatic heterocycles. The van der Waals surface area contributed by atoms with Gasteiger partial charge in [-0.05, 0) is 47.6 Å². The van der Waals surface area contributed by atoms with E-state index in [9.17, 15) is 5.11 Å². The van der Waals surface area contributed by atoms with Gasteiger partial charge in [0.05, 0.1) is 23.9 Å². The smallest absolute Gasteiger partial charge is 0.0891 e. The van der Waals surface area contributed by atoms with E-state index < -0.39 is 6.10 Å². The van der Waals surface area contributed by atoms with E-state index >= 15 is 0 Å². The van der Waals surface area contributed by atoms with Crippen LogP contribution in [-0.4, -0.2) is 22.3 Å². The minimum Gasteiger partial charge on any atom is -0.389 e. The highest BCUT2D eigenvalue weighted by Gasteiger charge is 2.23. The number of fused-ring (bicyclic) bond motifs is 3. The maximum absolute atomic E-state index is 11.4. The molecule has 2 N–H and O–H groups in total. The molecule has 3 nitrogen and oxygen atoms in total. The van der Waals surface area contributed by atoms with E-state index in [-0.39, 0.29) is 0 Å². The normalized spacial score (nSPS) is 12.2. The highest BCUT2D eigenvalue weighted by molar-refractivity contribution is 6.15. The molecule has 0 aliphatic rings. The maximum atomic E-state index is 11.4. The summed E-state index contributed by atoms with van der Waals surface area (Å²) in [6.45, 7) is 5.12. The Hall–Kier alpha value is -4.34. The van der Waals surface area contributed by atoms with Crippen LogP contribution in [0.3, 0.4) is 0 Å². The molecule has 5 aromatic carbocycles. The lowest BCUT2D eigenvalue weighted by Gasteiger charge is -2.19. The van der Waals surface area contributed by atoms with Gasteiger partial charge in [0.1, 0.15) is 0 Å². The van der Waals surface area contributed by atoms with E-state index in [4.69, 9.17) is 0 Å². The molecule has 0 radical (unpaired) electrons. The van der Waals surface area contributed by atoms with E-state index in [2.05, 4.69) is 139 Å². The van der Waals surface area contributed by atoms with Crippen molar-refractivity contribution in [3.8, 4) is 22.4 Å². The van der Waals surface area contributed by atoms with E-state index in [0.29, 0.717) is 13.1 Å². The topological polar surface area (TPSA) is 37.2 Å². The Morgan fingerprint density at radius 2 is 1.39 bits per heavy atom. The second-order valence-corrected chi connectivity index (χ2v) is 10.1. The van der Waals surface area contributed by atoms with Crippen molar-refractivity contribution in [1.82, 2.24) is 4.57 Å². The Labute approximate surface area is 224 Å². The average Bonchev–Trinajstić information content (AvgIpc) is 3.28. The molecule has 0 fully saturated rings. The molecule has 6 rings (SSSR count). The van der Waals surface area contributed by atoms with Crippen LogP contribution in [0.25, 0.3) is 44.1 Å². The molecule has 0 bridgehead atoms. The zero-order valence-electron chi connectivity index (χ0n) is 21.9. The zero-order valence-corrected chi connectivity index (χ0v) is 21.9. The van der Waals surface area contributed by atoms with Crippen molar-refractivity contribution in [2.45, 2.75) is 26.5 Å². The molecule has 6 aromatic rings. The number of aliphatic hydroxyl groups is 1. The van der Waals surface area contributed by atoms with Crippen LogP contribution in [-0.2, 0) is 6.54 Å². The van der Waals surface area contributed by atoms with Gasteiger partial charge in [0.2, 0.25) is 0 Å². The van der Waals surface area contributed by atoms with E-state index in [1.54, 1.807) is 0 Å². The van der Waals surface area contributed by atoms with Crippen LogP contribution in [0, 0.1) is 13.8 Å². The third-order valence-corrected chi connectivity index (χ3v) is 7.37. The van der Waals surface area contributed by atoms with Gasteiger partial charge in [0.25, 0.3) is 0 Å². The molecule has 1 atom stereocenters.